The van der Waals surface area contributed by atoms with Gasteiger partial charge in [-0.25, -0.2) is 8.78 Å². The Morgan fingerprint density at radius 2 is 2.00 bits per heavy atom. The SMILES string of the molecule is O=C(c1ccc2c(c1)CCCN2)c1c(F)ccc(Br)c1F. The molecule has 0 amide bonds. The molecule has 0 saturated carbocycles. The normalized spacial score (nSPS) is 13.5. The molecule has 0 bridgehead atoms. The first kappa shape index (κ1) is 14.2. The van der Waals surface area contributed by atoms with Crippen molar-refractivity contribution in [2.45, 2.75) is 12.8 Å². The number of fused-ring (bicyclic) bond motifs is 1. The molecule has 0 unspecified atom stereocenters. The predicted octanol–water partition coefficient (Wildman–Crippen LogP) is 4.32. The Morgan fingerprint density at radius 1 is 1.19 bits per heavy atom. The van der Waals surface area contributed by atoms with Crippen LogP contribution >= 0.6 is 15.9 Å². The summed E-state index contributed by atoms with van der Waals surface area (Å²) >= 11 is 2.98. The van der Waals surface area contributed by atoms with Gasteiger partial charge in [0, 0.05) is 17.8 Å². The third-order valence-electron chi connectivity index (χ3n) is 3.58. The van der Waals surface area contributed by atoms with E-state index in [4.69, 9.17) is 0 Å². The molecule has 2 aromatic rings. The summed E-state index contributed by atoms with van der Waals surface area (Å²) in [6.45, 7) is 0.898. The van der Waals surface area contributed by atoms with Gasteiger partial charge in [-0.05, 0) is 64.7 Å². The fourth-order valence-corrected chi connectivity index (χ4v) is 2.83. The third kappa shape index (κ3) is 2.58. The second kappa shape index (κ2) is 5.56. The maximum atomic E-state index is 14.0. The quantitative estimate of drug-likeness (QED) is 0.644. The van der Waals surface area contributed by atoms with E-state index in [1.165, 1.54) is 6.07 Å². The topological polar surface area (TPSA) is 29.1 Å². The molecule has 21 heavy (non-hydrogen) atoms. The van der Waals surface area contributed by atoms with E-state index >= 15 is 0 Å². The fourth-order valence-electron chi connectivity index (χ4n) is 2.50. The summed E-state index contributed by atoms with van der Waals surface area (Å²) < 4.78 is 27.9. The average molecular weight is 352 g/mol. The molecule has 1 aliphatic rings. The second-order valence-electron chi connectivity index (χ2n) is 4.95. The minimum Gasteiger partial charge on any atom is -0.385 e. The van der Waals surface area contributed by atoms with Gasteiger partial charge in [0.15, 0.2) is 11.6 Å². The monoisotopic (exact) mass is 351 g/mol. The fraction of sp³-hybridized carbons (Fsp3) is 0.188. The van der Waals surface area contributed by atoms with Crippen molar-refractivity contribution >= 4 is 27.4 Å². The third-order valence-corrected chi connectivity index (χ3v) is 4.19. The number of ketones is 1. The minimum absolute atomic E-state index is 0.0758. The van der Waals surface area contributed by atoms with E-state index in [1.807, 2.05) is 0 Å². The van der Waals surface area contributed by atoms with Crippen LogP contribution in [-0.4, -0.2) is 12.3 Å². The minimum atomic E-state index is -0.865. The Balaban J connectivity index is 2.05. The van der Waals surface area contributed by atoms with Crippen molar-refractivity contribution in [2.75, 3.05) is 11.9 Å². The molecule has 0 aromatic heterocycles. The molecule has 1 heterocycles. The van der Waals surface area contributed by atoms with Gasteiger partial charge in [0.25, 0.3) is 0 Å². The highest BCUT2D eigenvalue weighted by atomic mass is 79.9. The Hall–Kier alpha value is -1.75. The van der Waals surface area contributed by atoms with Crippen molar-refractivity contribution in [3.05, 3.63) is 63.1 Å². The standard InChI is InChI=1S/C16H12BrF2NO/c17-11-4-5-12(18)14(15(11)19)16(21)10-3-6-13-9(8-10)2-1-7-20-13/h3-6,8,20H,1-2,7H2. The van der Waals surface area contributed by atoms with Gasteiger partial charge in [-0.1, -0.05) is 0 Å². The van der Waals surface area contributed by atoms with Crippen LogP contribution in [0.1, 0.15) is 27.9 Å². The molecule has 1 N–H and O–H groups in total. The van der Waals surface area contributed by atoms with Gasteiger partial charge in [0.2, 0.25) is 0 Å². The lowest BCUT2D eigenvalue weighted by Gasteiger charge is -2.18. The van der Waals surface area contributed by atoms with Crippen LogP contribution < -0.4 is 5.32 Å². The van der Waals surface area contributed by atoms with Crippen LogP contribution in [0.3, 0.4) is 0 Å². The van der Waals surface area contributed by atoms with Crippen LogP contribution in [0.5, 0.6) is 0 Å². The molecule has 108 valence electrons. The molecule has 3 rings (SSSR count). The van der Waals surface area contributed by atoms with Crippen LogP contribution in [-0.2, 0) is 6.42 Å². The van der Waals surface area contributed by atoms with Gasteiger partial charge >= 0.3 is 0 Å². The van der Waals surface area contributed by atoms with E-state index in [2.05, 4.69) is 21.2 Å². The van der Waals surface area contributed by atoms with Gasteiger partial charge in [0.05, 0.1) is 10.0 Å². The van der Waals surface area contributed by atoms with Gasteiger partial charge in [-0.15, -0.1) is 0 Å². The highest BCUT2D eigenvalue weighted by Crippen LogP contribution is 2.27. The number of carbonyl (C=O) groups is 1. The summed E-state index contributed by atoms with van der Waals surface area (Å²) in [5.41, 5.74) is 1.76. The zero-order valence-corrected chi connectivity index (χ0v) is 12.6. The number of benzene rings is 2. The van der Waals surface area contributed by atoms with Crippen molar-refractivity contribution in [1.82, 2.24) is 0 Å². The van der Waals surface area contributed by atoms with E-state index in [9.17, 15) is 13.6 Å². The number of nitrogens with one attached hydrogen (secondary N) is 1. The molecule has 5 heteroatoms. The van der Waals surface area contributed by atoms with Crippen molar-refractivity contribution in [2.24, 2.45) is 0 Å². The first-order valence-electron chi connectivity index (χ1n) is 6.63. The van der Waals surface area contributed by atoms with Crippen LogP contribution in [0.25, 0.3) is 0 Å². The summed E-state index contributed by atoms with van der Waals surface area (Å²) in [5.74, 6) is -2.35. The lowest BCUT2D eigenvalue weighted by molar-refractivity contribution is 0.103. The van der Waals surface area contributed by atoms with Crippen LogP contribution in [0, 0.1) is 11.6 Å². The highest BCUT2D eigenvalue weighted by Gasteiger charge is 2.22. The number of hydrogen-bond acceptors (Lipinski definition) is 2. The molecule has 0 fully saturated rings. The molecule has 1 aliphatic heterocycles. The van der Waals surface area contributed by atoms with Gasteiger partial charge in [-0.2, -0.15) is 0 Å². The maximum absolute atomic E-state index is 14.0. The number of carbonyl (C=O) groups excluding carboxylic acids is 1. The zero-order chi connectivity index (χ0) is 15.0. The smallest absolute Gasteiger partial charge is 0.198 e. The summed E-state index contributed by atoms with van der Waals surface area (Å²) in [6.07, 6.45) is 1.83. The Labute approximate surface area is 129 Å². The van der Waals surface area contributed by atoms with E-state index in [-0.39, 0.29) is 4.47 Å². The van der Waals surface area contributed by atoms with Crippen LogP contribution in [0.2, 0.25) is 0 Å². The van der Waals surface area contributed by atoms with Crippen molar-refractivity contribution in [1.29, 1.82) is 0 Å². The van der Waals surface area contributed by atoms with Crippen molar-refractivity contribution in [3.8, 4) is 0 Å². The lowest BCUT2D eigenvalue weighted by Crippen LogP contribution is -2.14. The Morgan fingerprint density at radius 3 is 2.81 bits per heavy atom. The first-order valence-corrected chi connectivity index (χ1v) is 7.42. The largest absolute Gasteiger partial charge is 0.385 e. The summed E-state index contributed by atoms with van der Waals surface area (Å²) in [4.78, 5) is 12.4. The molecule has 0 radical (unpaired) electrons. The zero-order valence-electron chi connectivity index (χ0n) is 11.1. The molecule has 0 aliphatic carbocycles. The van der Waals surface area contributed by atoms with Crippen molar-refractivity contribution < 1.29 is 13.6 Å². The molecular formula is C16H12BrF2NO. The molecule has 0 atom stereocenters. The van der Waals surface area contributed by atoms with Crippen molar-refractivity contribution in [3.63, 3.8) is 0 Å². The number of hydrogen-bond donors (Lipinski definition) is 1. The van der Waals surface area contributed by atoms with Crippen LogP contribution in [0.4, 0.5) is 14.5 Å². The average Bonchev–Trinajstić information content (AvgIpc) is 2.51. The van der Waals surface area contributed by atoms with Gasteiger partial charge < -0.3 is 5.32 Å². The van der Waals surface area contributed by atoms with E-state index in [1.54, 1.807) is 18.2 Å². The van der Waals surface area contributed by atoms with Crippen LogP contribution in [0.15, 0.2) is 34.8 Å². The number of halogens is 3. The first-order chi connectivity index (χ1) is 10.1. The second-order valence-corrected chi connectivity index (χ2v) is 5.80. The number of rotatable bonds is 2. The number of anilines is 1. The van der Waals surface area contributed by atoms with Gasteiger partial charge in [-0.3, -0.25) is 4.79 Å². The van der Waals surface area contributed by atoms with E-state index in [0.29, 0.717) is 5.56 Å². The predicted molar refractivity (Wildman–Crippen MR) is 80.7 cm³/mol. The highest BCUT2D eigenvalue weighted by molar-refractivity contribution is 9.10. The van der Waals surface area contributed by atoms with Gasteiger partial charge in [0.1, 0.15) is 5.82 Å². The van der Waals surface area contributed by atoms with E-state index < -0.39 is 23.0 Å². The molecule has 0 spiro atoms. The summed E-state index contributed by atoms with van der Waals surface area (Å²) in [5, 5.41) is 3.23. The lowest BCUT2D eigenvalue weighted by atomic mass is 9.96. The molecule has 0 saturated heterocycles. The van der Waals surface area contributed by atoms with E-state index in [0.717, 1.165) is 36.7 Å². The molecule has 2 aromatic carbocycles. The molecule has 2 nitrogen and oxygen atoms in total. The Bertz CT molecular complexity index is 730. The number of aryl methyl sites for hydroxylation is 1. The summed E-state index contributed by atoms with van der Waals surface area (Å²) in [7, 11) is 0. The molecular weight excluding hydrogens is 340 g/mol. The maximum Gasteiger partial charge on any atom is 0.198 e. The Kier molecular flexibility index (Phi) is 3.76. The summed E-state index contributed by atoms with van der Waals surface area (Å²) in [6, 6.07) is 7.43.